The van der Waals surface area contributed by atoms with E-state index >= 15 is 0 Å². The lowest BCUT2D eigenvalue weighted by Crippen LogP contribution is -2.53. The molecule has 0 unspecified atom stereocenters. The van der Waals surface area contributed by atoms with E-state index in [-0.39, 0.29) is 0 Å². The number of carbonyl (C=O) groups is 1. The van der Waals surface area contributed by atoms with Crippen LogP contribution in [0.1, 0.15) is 0 Å². The molecule has 0 heterocycles. The van der Waals surface area contributed by atoms with E-state index in [0.29, 0.717) is 0 Å². The predicted octanol–water partition coefficient (Wildman–Crippen LogP) is 3.39. The third kappa shape index (κ3) is 2.32. The van der Waals surface area contributed by atoms with Crippen molar-refractivity contribution in [2.75, 3.05) is 0 Å². The van der Waals surface area contributed by atoms with E-state index in [1.165, 1.54) is 0 Å². The number of hydrogen-bond donors (Lipinski definition) is 0. The Morgan fingerprint density at radius 3 is 1.38 bits per heavy atom. The summed E-state index contributed by atoms with van der Waals surface area (Å²) in [5.74, 6) is -10.4. The van der Waals surface area contributed by atoms with Crippen molar-refractivity contribution < 1.29 is 22.4 Å². The molecule has 0 saturated heterocycles. The highest BCUT2D eigenvalue weighted by Crippen LogP contribution is 2.51. The second-order valence-electron chi connectivity index (χ2n) is 1.92. The van der Waals surface area contributed by atoms with Gasteiger partial charge in [0.15, 0.2) is 0 Å². The van der Waals surface area contributed by atoms with Gasteiger partial charge in [0.25, 0.3) is 9.03 Å². The van der Waals surface area contributed by atoms with Gasteiger partial charge in [-0.15, -0.1) is 0 Å². The van der Waals surface area contributed by atoms with Gasteiger partial charge in [0.2, 0.25) is 0 Å². The summed E-state index contributed by atoms with van der Waals surface area (Å²) >= 11 is 17.8. The van der Waals surface area contributed by atoms with E-state index in [1.54, 1.807) is 0 Å². The van der Waals surface area contributed by atoms with Gasteiger partial charge in [-0.25, -0.2) is 0 Å². The molecule has 0 radical (unpaired) electrons. The molecule has 0 spiro atoms. The lowest BCUT2D eigenvalue weighted by Gasteiger charge is -2.28. The van der Waals surface area contributed by atoms with Crippen molar-refractivity contribution in [3.05, 3.63) is 0 Å². The first-order valence-electron chi connectivity index (χ1n) is 2.47. The Morgan fingerprint density at radius 2 is 1.31 bits per heavy atom. The first kappa shape index (κ1) is 13.5. The Balaban J connectivity index is 5.16. The van der Waals surface area contributed by atoms with Crippen LogP contribution in [0.15, 0.2) is 0 Å². The monoisotopic (exact) mass is 280 g/mol. The summed E-state index contributed by atoms with van der Waals surface area (Å²) in [5, 5.41) is -2.59. The highest BCUT2D eigenvalue weighted by molar-refractivity contribution is 6.69. The molecular weight excluding hydrogens is 282 g/mol. The zero-order valence-corrected chi connectivity index (χ0v) is 8.46. The van der Waals surface area contributed by atoms with Crippen molar-refractivity contribution in [2.45, 2.75) is 15.6 Å². The minimum absolute atomic E-state index is 2.59. The topological polar surface area (TPSA) is 17.1 Å². The van der Waals surface area contributed by atoms with Gasteiger partial charge in [-0.2, -0.15) is 17.6 Å². The summed E-state index contributed by atoms with van der Waals surface area (Å²) in [7, 11) is 0. The molecule has 9 heteroatoms. The second-order valence-corrected chi connectivity index (χ2v) is 4.54. The standard InChI is InChI=1S/C4Cl4F4O/c5-1(13)2(9,10)3(11,12)4(6,7)8. The lowest BCUT2D eigenvalue weighted by molar-refractivity contribution is -0.199. The van der Waals surface area contributed by atoms with Crippen LogP contribution in [0.4, 0.5) is 17.6 Å². The Labute approximate surface area is 89.9 Å². The first-order chi connectivity index (χ1) is 5.44. The molecule has 0 rings (SSSR count). The molecule has 0 aromatic rings. The molecule has 0 aliphatic carbocycles. The maximum atomic E-state index is 12.5. The Bertz CT molecular complexity index is 223. The lowest BCUT2D eigenvalue weighted by atomic mass is 10.2. The van der Waals surface area contributed by atoms with Crippen LogP contribution in [0.2, 0.25) is 0 Å². The van der Waals surface area contributed by atoms with E-state index in [1.807, 2.05) is 0 Å². The van der Waals surface area contributed by atoms with E-state index in [4.69, 9.17) is 0 Å². The summed E-state index contributed by atoms with van der Waals surface area (Å²) in [5.41, 5.74) is 0. The summed E-state index contributed by atoms with van der Waals surface area (Å²) in [6, 6.07) is 0. The molecule has 0 aliphatic rings. The molecule has 0 saturated carbocycles. The molecule has 0 N–H and O–H groups in total. The van der Waals surface area contributed by atoms with Crippen LogP contribution in [0, 0.1) is 0 Å². The van der Waals surface area contributed by atoms with Crippen molar-refractivity contribution >= 4 is 51.6 Å². The van der Waals surface area contributed by atoms with Crippen LogP contribution in [0.5, 0.6) is 0 Å². The van der Waals surface area contributed by atoms with Crippen LogP contribution in [0.3, 0.4) is 0 Å². The van der Waals surface area contributed by atoms with Gasteiger partial charge in [0.05, 0.1) is 0 Å². The molecule has 0 fully saturated rings. The van der Waals surface area contributed by atoms with Crippen LogP contribution in [-0.4, -0.2) is 20.9 Å². The third-order valence-electron chi connectivity index (χ3n) is 0.997. The molecule has 0 aromatic heterocycles. The number of halogens is 8. The molecule has 13 heavy (non-hydrogen) atoms. The van der Waals surface area contributed by atoms with Crippen molar-refractivity contribution in [3.8, 4) is 0 Å². The Hall–Kier alpha value is 0.550. The Kier molecular flexibility index (Phi) is 3.76. The molecule has 78 valence electrons. The van der Waals surface area contributed by atoms with Gasteiger partial charge in [-0.3, -0.25) is 4.79 Å². The molecule has 0 bridgehead atoms. The van der Waals surface area contributed by atoms with Crippen molar-refractivity contribution in [2.24, 2.45) is 0 Å². The van der Waals surface area contributed by atoms with E-state index in [2.05, 4.69) is 46.4 Å². The average Bonchev–Trinajstić information content (AvgIpc) is 1.84. The predicted molar refractivity (Wildman–Crippen MR) is 41.0 cm³/mol. The molecular formula is C4Cl4F4O. The maximum Gasteiger partial charge on any atom is 0.386 e. The number of alkyl halides is 7. The fourth-order valence-corrected chi connectivity index (χ4v) is 0.776. The van der Waals surface area contributed by atoms with E-state index in [0.717, 1.165) is 0 Å². The van der Waals surface area contributed by atoms with Crippen LogP contribution < -0.4 is 0 Å². The minimum Gasteiger partial charge on any atom is -0.274 e. The number of carbonyl (C=O) groups excluding carboxylic acids is 1. The normalized spacial score (nSPS) is 14.5. The molecule has 1 nitrogen and oxygen atoms in total. The van der Waals surface area contributed by atoms with Crippen LogP contribution in [-0.2, 0) is 4.79 Å². The van der Waals surface area contributed by atoms with Gasteiger partial charge in [0.1, 0.15) is 0 Å². The van der Waals surface area contributed by atoms with Gasteiger partial charge < -0.3 is 0 Å². The Morgan fingerprint density at radius 1 is 1.00 bits per heavy atom. The highest BCUT2D eigenvalue weighted by Gasteiger charge is 2.71. The molecule has 0 atom stereocenters. The number of hydrogen-bond acceptors (Lipinski definition) is 1. The van der Waals surface area contributed by atoms with Gasteiger partial charge >= 0.3 is 11.8 Å². The molecule has 0 aromatic carbocycles. The van der Waals surface area contributed by atoms with Crippen molar-refractivity contribution in [1.82, 2.24) is 0 Å². The summed E-state index contributed by atoms with van der Waals surface area (Å²) < 4.78 is 46.1. The van der Waals surface area contributed by atoms with Gasteiger partial charge in [-0.1, -0.05) is 34.8 Å². The quantitative estimate of drug-likeness (QED) is 0.431. The van der Waals surface area contributed by atoms with Crippen molar-refractivity contribution in [3.63, 3.8) is 0 Å². The third-order valence-corrected chi connectivity index (χ3v) is 1.95. The minimum atomic E-state index is -5.22. The SMILES string of the molecule is O=C(Cl)C(F)(F)C(F)(F)C(Cl)(Cl)Cl. The molecule has 0 aliphatic heterocycles. The van der Waals surface area contributed by atoms with Crippen LogP contribution >= 0.6 is 46.4 Å². The summed E-state index contributed by atoms with van der Waals surface area (Å²) in [4.78, 5) is 9.92. The maximum absolute atomic E-state index is 12.5. The van der Waals surface area contributed by atoms with Crippen molar-refractivity contribution in [1.29, 1.82) is 0 Å². The fourth-order valence-electron chi connectivity index (χ4n) is 0.301. The fraction of sp³-hybridized carbons (Fsp3) is 0.750. The van der Waals surface area contributed by atoms with Gasteiger partial charge in [0, 0.05) is 0 Å². The van der Waals surface area contributed by atoms with E-state index in [9.17, 15) is 22.4 Å². The largest absolute Gasteiger partial charge is 0.386 e. The molecule has 0 amide bonds. The van der Waals surface area contributed by atoms with E-state index < -0.39 is 20.9 Å². The zero-order valence-electron chi connectivity index (χ0n) is 5.43. The smallest absolute Gasteiger partial charge is 0.274 e. The first-order valence-corrected chi connectivity index (χ1v) is 3.98. The second kappa shape index (κ2) is 3.61. The summed E-state index contributed by atoms with van der Waals surface area (Å²) in [6.07, 6.45) is 0. The zero-order chi connectivity index (χ0) is 11.1. The number of rotatable bonds is 2. The highest BCUT2D eigenvalue weighted by atomic mass is 35.6. The summed E-state index contributed by atoms with van der Waals surface area (Å²) in [6.45, 7) is 0. The average molecular weight is 282 g/mol. The van der Waals surface area contributed by atoms with Crippen LogP contribution in [0.25, 0.3) is 0 Å². The van der Waals surface area contributed by atoms with Gasteiger partial charge in [-0.05, 0) is 11.6 Å².